The van der Waals surface area contributed by atoms with Crippen LogP contribution in [-0.4, -0.2) is 35.9 Å². The van der Waals surface area contributed by atoms with Crippen LogP contribution in [-0.2, 0) is 19.1 Å². The van der Waals surface area contributed by atoms with Gasteiger partial charge in [0.1, 0.15) is 0 Å². The molecular formula is C10H20O5. The number of esters is 2. The Bertz CT molecular complexity index is 192. The summed E-state index contributed by atoms with van der Waals surface area (Å²) < 4.78 is 8.92. The largest absolute Gasteiger partial charge is 0.466 e. The molecule has 5 heteroatoms. The molecule has 0 bridgehead atoms. The van der Waals surface area contributed by atoms with Crippen molar-refractivity contribution < 1.29 is 24.2 Å². The number of carbonyl (C=O) groups is 2. The second kappa shape index (κ2) is 8.23. The summed E-state index contributed by atoms with van der Waals surface area (Å²) in [6.45, 7) is 8.45. The van der Waals surface area contributed by atoms with Gasteiger partial charge in [0.25, 0.3) is 0 Å². The molecule has 0 saturated carbocycles. The molecule has 5 nitrogen and oxygen atoms in total. The molecule has 1 N–H and O–H groups in total. The van der Waals surface area contributed by atoms with E-state index < -0.39 is 11.6 Å². The van der Waals surface area contributed by atoms with Crippen LogP contribution in [0, 0.1) is 0 Å². The van der Waals surface area contributed by atoms with Crippen molar-refractivity contribution in [2.24, 2.45) is 0 Å². The molecule has 0 aromatic rings. The zero-order chi connectivity index (χ0) is 12.5. The lowest BCUT2D eigenvalue weighted by molar-refractivity contribution is -0.161. The molecule has 0 aliphatic heterocycles. The molecule has 0 aromatic heterocycles. The maximum Gasteiger partial charge on any atom is 0.337 e. The van der Waals surface area contributed by atoms with E-state index in [2.05, 4.69) is 9.47 Å². The van der Waals surface area contributed by atoms with Crippen LogP contribution < -0.4 is 0 Å². The average Bonchev–Trinajstić information content (AvgIpc) is 2.03. The van der Waals surface area contributed by atoms with Crippen LogP contribution in [0.2, 0.25) is 0 Å². The Balaban J connectivity index is 0. The van der Waals surface area contributed by atoms with Crippen molar-refractivity contribution in [2.75, 3.05) is 13.2 Å². The quantitative estimate of drug-likeness (QED) is 0.715. The molecule has 0 heterocycles. The van der Waals surface area contributed by atoms with E-state index in [1.54, 1.807) is 13.8 Å². The maximum atomic E-state index is 10.6. The van der Waals surface area contributed by atoms with Crippen LogP contribution in [0.25, 0.3) is 0 Å². The number of hydrogen-bond acceptors (Lipinski definition) is 5. The molecule has 0 atom stereocenters. The van der Waals surface area contributed by atoms with Gasteiger partial charge in [0, 0.05) is 6.92 Å². The molecule has 0 rings (SSSR count). The summed E-state index contributed by atoms with van der Waals surface area (Å²) >= 11 is 0. The first-order valence-electron chi connectivity index (χ1n) is 4.78. The van der Waals surface area contributed by atoms with E-state index in [1.165, 1.54) is 20.8 Å². The fourth-order valence-corrected chi connectivity index (χ4v) is 0.511. The molecule has 90 valence electrons. The molecule has 0 aliphatic rings. The number of aliphatic hydroxyl groups is 1. The van der Waals surface area contributed by atoms with Crippen molar-refractivity contribution in [3.63, 3.8) is 0 Å². The third-order valence-electron chi connectivity index (χ3n) is 1.12. The smallest absolute Gasteiger partial charge is 0.337 e. The predicted octanol–water partition coefficient (Wildman–Crippen LogP) is 0.890. The van der Waals surface area contributed by atoms with Gasteiger partial charge < -0.3 is 14.6 Å². The third kappa shape index (κ3) is 12.9. The highest BCUT2D eigenvalue weighted by molar-refractivity contribution is 5.78. The number of ether oxygens (including phenoxy) is 2. The van der Waals surface area contributed by atoms with Gasteiger partial charge in [0.05, 0.1) is 13.2 Å². The second-order valence-electron chi connectivity index (χ2n) is 3.20. The lowest BCUT2D eigenvalue weighted by Crippen LogP contribution is -2.32. The zero-order valence-corrected chi connectivity index (χ0v) is 9.99. The molecule has 15 heavy (non-hydrogen) atoms. The lowest BCUT2D eigenvalue weighted by Gasteiger charge is -2.13. The fraction of sp³-hybridized carbons (Fsp3) is 0.800. The minimum atomic E-state index is -1.35. The Morgan fingerprint density at radius 1 is 1.13 bits per heavy atom. The Kier molecular flexibility index (Phi) is 8.96. The second-order valence-corrected chi connectivity index (χ2v) is 3.20. The van der Waals surface area contributed by atoms with Crippen molar-refractivity contribution in [3.05, 3.63) is 0 Å². The summed E-state index contributed by atoms with van der Waals surface area (Å²) in [6, 6.07) is 0. The predicted molar refractivity (Wildman–Crippen MR) is 55.2 cm³/mol. The van der Waals surface area contributed by atoms with Crippen molar-refractivity contribution >= 4 is 11.9 Å². The normalized spacial score (nSPS) is 9.73. The molecule has 0 aromatic carbocycles. The van der Waals surface area contributed by atoms with Gasteiger partial charge >= 0.3 is 11.9 Å². The Morgan fingerprint density at radius 2 is 1.53 bits per heavy atom. The van der Waals surface area contributed by atoms with Gasteiger partial charge in [-0.2, -0.15) is 0 Å². The summed E-state index contributed by atoms with van der Waals surface area (Å²) in [6.07, 6.45) is 0. The van der Waals surface area contributed by atoms with Crippen LogP contribution in [0.15, 0.2) is 0 Å². The Labute approximate surface area is 90.4 Å². The van der Waals surface area contributed by atoms with Crippen molar-refractivity contribution in [3.8, 4) is 0 Å². The van der Waals surface area contributed by atoms with E-state index in [9.17, 15) is 9.59 Å². The topological polar surface area (TPSA) is 72.8 Å². The molecule has 0 unspecified atom stereocenters. The van der Waals surface area contributed by atoms with E-state index in [-0.39, 0.29) is 5.97 Å². The van der Waals surface area contributed by atoms with Gasteiger partial charge in [-0.05, 0) is 27.7 Å². The van der Waals surface area contributed by atoms with Gasteiger partial charge in [-0.25, -0.2) is 4.79 Å². The van der Waals surface area contributed by atoms with Gasteiger partial charge in [-0.15, -0.1) is 0 Å². The monoisotopic (exact) mass is 220 g/mol. The number of carbonyl (C=O) groups excluding carboxylic acids is 2. The van der Waals surface area contributed by atoms with Crippen LogP contribution >= 0.6 is 0 Å². The molecule has 0 saturated heterocycles. The van der Waals surface area contributed by atoms with Gasteiger partial charge in [0.2, 0.25) is 0 Å². The van der Waals surface area contributed by atoms with Gasteiger partial charge in [-0.1, -0.05) is 0 Å². The minimum Gasteiger partial charge on any atom is -0.466 e. The number of rotatable bonds is 3. The summed E-state index contributed by atoms with van der Waals surface area (Å²) in [5.74, 6) is -0.789. The maximum absolute atomic E-state index is 10.6. The first-order valence-corrected chi connectivity index (χ1v) is 4.78. The van der Waals surface area contributed by atoms with Gasteiger partial charge in [-0.3, -0.25) is 4.79 Å². The standard InChI is InChI=1S/C6H12O3.C4H8O2/c1-4-9-5(7)6(2,3)8;1-3-6-4(2)5/h8H,4H2,1-3H3;3H2,1-2H3. The fourth-order valence-electron chi connectivity index (χ4n) is 0.511. The van der Waals surface area contributed by atoms with Crippen LogP contribution in [0.3, 0.4) is 0 Å². The highest BCUT2D eigenvalue weighted by atomic mass is 16.5. The third-order valence-corrected chi connectivity index (χ3v) is 1.12. The van der Waals surface area contributed by atoms with E-state index in [0.29, 0.717) is 13.2 Å². The summed E-state index contributed by atoms with van der Waals surface area (Å²) in [5, 5.41) is 8.94. The van der Waals surface area contributed by atoms with Gasteiger partial charge in [0.15, 0.2) is 5.60 Å². The summed E-state index contributed by atoms with van der Waals surface area (Å²) in [4.78, 5) is 20.4. The molecule has 0 radical (unpaired) electrons. The Morgan fingerprint density at radius 3 is 1.60 bits per heavy atom. The average molecular weight is 220 g/mol. The Hall–Kier alpha value is -1.10. The molecule has 0 amide bonds. The first kappa shape index (κ1) is 16.3. The zero-order valence-electron chi connectivity index (χ0n) is 9.99. The highest BCUT2D eigenvalue weighted by Gasteiger charge is 2.24. The molecule has 0 spiro atoms. The highest BCUT2D eigenvalue weighted by Crippen LogP contribution is 2.02. The summed E-state index contributed by atoms with van der Waals surface area (Å²) in [5.41, 5.74) is -1.35. The molecule has 0 aliphatic carbocycles. The van der Waals surface area contributed by atoms with Crippen LogP contribution in [0.4, 0.5) is 0 Å². The van der Waals surface area contributed by atoms with Crippen LogP contribution in [0.5, 0.6) is 0 Å². The van der Waals surface area contributed by atoms with Crippen LogP contribution in [0.1, 0.15) is 34.6 Å². The van der Waals surface area contributed by atoms with E-state index in [4.69, 9.17) is 5.11 Å². The van der Waals surface area contributed by atoms with E-state index >= 15 is 0 Å². The van der Waals surface area contributed by atoms with E-state index in [0.717, 1.165) is 0 Å². The first-order chi connectivity index (χ1) is 6.75. The SMILES string of the molecule is CCOC(=O)C(C)(C)O.CCOC(C)=O. The van der Waals surface area contributed by atoms with E-state index in [1.807, 2.05) is 0 Å². The summed E-state index contributed by atoms with van der Waals surface area (Å²) in [7, 11) is 0. The lowest BCUT2D eigenvalue weighted by atomic mass is 10.1. The van der Waals surface area contributed by atoms with Crippen molar-refractivity contribution in [1.29, 1.82) is 0 Å². The molecular weight excluding hydrogens is 200 g/mol. The molecule has 0 fully saturated rings. The van der Waals surface area contributed by atoms with Crippen molar-refractivity contribution in [1.82, 2.24) is 0 Å². The number of hydrogen-bond donors (Lipinski definition) is 1. The minimum absolute atomic E-state index is 0.211. The van der Waals surface area contributed by atoms with Crippen molar-refractivity contribution in [2.45, 2.75) is 40.2 Å².